The van der Waals surface area contributed by atoms with E-state index in [2.05, 4.69) is 0 Å². The fourth-order valence-electron chi connectivity index (χ4n) is 3.84. The average Bonchev–Trinajstić information content (AvgIpc) is 2.94. The van der Waals surface area contributed by atoms with Gasteiger partial charge in [0.15, 0.2) is 0 Å². The Balaban J connectivity index is 1.91. The van der Waals surface area contributed by atoms with Gasteiger partial charge >= 0.3 is 11.9 Å². The van der Waals surface area contributed by atoms with Crippen LogP contribution in [-0.2, 0) is 19.1 Å². The molecule has 0 saturated carbocycles. The number of aliphatic carboxylic acids is 1. The molecular weight excluding hydrogens is 312 g/mol. The maximum atomic E-state index is 12.6. The van der Waals surface area contributed by atoms with Crippen molar-refractivity contribution in [3.05, 3.63) is 35.9 Å². The van der Waals surface area contributed by atoms with Gasteiger partial charge in [0.1, 0.15) is 0 Å². The van der Waals surface area contributed by atoms with Crippen molar-refractivity contribution in [2.75, 3.05) is 26.7 Å². The van der Waals surface area contributed by atoms with Crippen molar-refractivity contribution in [1.82, 2.24) is 9.80 Å². The van der Waals surface area contributed by atoms with Gasteiger partial charge in [-0.3, -0.25) is 19.3 Å². The molecule has 24 heavy (non-hydrogen) atoms. The van der Waals surface area contributed by atoms with Gasteiger partial charge in [0.2, 0.25) is 5.91 Å². The van der Waals surface area contributed by atoms with Gasteiger partial charge in [-0.2, -0.15) is 0 Å². The van der Waals surface area contributed by atoms with Gasteiger partial charge in [0.25, 0.3) is 0 Å². The second kappa shape index (κ2) is 6.60. The maximum Gasteiger partial charge on any atom is 0.317 e. The van der Waals surface area contributed by atoms with Crippen LogP contribution in [0.3, 0.4) is 0 Å². The first-order chi connectivity index (χ1) is 11.5. The number of hydrogen-bond acceptors (Lipinski definition) is 5. The summed E-state index contributed by atoms with van der Waals surface area (Å²) in [6, 6.07) is 8.91. The lowest BCUT2D eigenvalue weighted by Gasteiger charge is -2.39. The van der Waals surface area contributed by atoms with Crippen LogP contribution in [0.15, 0.2) is 30.3 Å². The van der Waals surface area contributed by atoms with E-state index in [4.69, 9.17) is 9.84 Å². The third-order valence-electron chi connectivity index (χ3n) is 4.72. The standard InChI is InChI=1S/C17H20N2O5/c1-24-17(23)13-7-12-8-18(10-15(21)22)9-14(20)19(12)16(13)11-5-3-2-4-6-11/h2-6,12-13,16H,7-10H2,1H3,(H,21,22)/t12-,13-,16-/m0/s1. The normalized spacial score (nSPS) is 27.0. The van der Waals surface area contributed by atoms with E-state index < -0.39 is 11.9 Å². The number of carboxylic acid groups (broad SMARTS) is 1. The molecule has 0 radical (unpaired) electrons. The molecule has 1 aromatic carbocycles. The minimum atomic E-state index is -0.960. The maximum absolute atomic E-state index is 12.6. The zero-order chi connectivity index (χ0) is 17.3. The molecule has 7 nitrogen and oxygen atoms in total. The second-order valence-corrected chi connectivity index (χ2v) is 6.24. The first-order valence-corrected chi connectivity index (χ1v) is 7.89. The highest BCUT2D eigenvalue weighted by Crippen LogP contribution is 2.43. The highest BCUT2D eigenvalue weighted by molar-refractivity contribution is 5.84. The largest absolute Gasteiger partial charge is 0.480 e. The quantitative estimate of drug-likeness (QED) is 0.809. The number of methoxy groups -OCH3 is 1. The number of benzene rings is 1. The van der Waals surface area contributed by atoms with Crippen molar-refractivity contribution in [2.45, 2.75) is 18.5 Å². The Labute approximate surface area is 139 Å². The lowest BCUT2D eigenvalue weighted by atomic mass is 9.93. The van der Waals surface area contributed by atoms with Gasteiger partial charge in [-0.1, -0.05) is 30.3 Å². The third kappa shape index (κ3) is 2.99. The molecule has 0 unspecified atom stereocenters. The molecule has 2 fully saturated rings. The van der Waals surface area contributed by atoms with E-state index in [-0.39, 0.29) is 37.0 Å². The molecule has 1 amide bonds. The van der Waals surface area contributed by atoms with Gasteiger partial charge in [-0.25, -0.2) is 0 Å². The van der Waals surface area contributed by atoms with Gasteiger partial charge < -0.3 is 14.7 Å². The van der Waals surface area contributed by atoms with Crippen LogP contribution in [0.5, 0.6) is 0 Å². The summed E-state index contributed by atoms with van der Waals surface area (Å²) in [6.07, 6.45) is 0.480. The lowest BCUT2D eigenvalue weighted by Crippen LogP contribution is -2.55. The van der Waals surface area contributed by atoms with Crippen LogP contribution in [-0.4, -0.2) is 65.5 Å². The van der Waals surface area contributed by atoms with E-state index in [0.717, 1.165) is 5.56 Å². The molecule has 2 heterocycles. The zero-order valence-corrected chi connectivity index (χ0v) is 13.4. The Morgan fingerprint density at radius 3 is 2.62 bits per heavy atom. The summed E-state index contributed by atoms with van der Waals surface area (Å²) in [4.78, 5) is 39.2. The van der Waals surface area contributed by atoms with Crippen molar-refractivity contribution in [3.63, 3.8) is 0 Å². The molecule has 2 saturated heterocycles. The van der Waals surface area contributed by atoms with Crippen molar-refractivity contribution in [3.8, 4) is 0 Å². The number of rotatable bonds is 4. The van der Waals surface area contributed by atoms with Crippen LogP contribution >= 0.6 is 0 Å². The van der Waals surface area contributed by atoms with Crippen LogP contribution < -0.4 is 0 Å². The summed E-state index contributed by atoms with van der Waals surface area (Å²) in [5, 5.41) is 8.96. The lowest BCUT2D eigenvalue weighted by molar-refractivity contribution is -0.147. The fourth-order valence-corrected chi connectivity index (χ4v) is 3.84. The van der Waals surface area contributed by atoms with E-state index in [1.807, 2.05) is 30.3 Å². The summed E-state index contributed by atoms with van der Waals surface area (Å²) in [5.74, 6) is -1.88. The van der Waals surface area contributed by atoms with Gasteiger partial charge in [0.05, 0.1) is 32.2 Å². The fraction of sp³-hybridized carbons (Fsp3) is 0.471. The number of esters is 1. The zero-order valence-electron chi connectivity index (χ0n) is 13.4. The van der Waals surface area contributed by atoms with Crippen LogP contribution in [0.2, 0.25) is 0 Å². The highest BCUT2D eigenvalue weighted by Gasteiger charge is 2.50. The molecule has 1 aromatic rings. The van der Waals surface area contributed by atoms with E-state index in [1.54, 1.807) is 9.80 Å². The number of amides is 1. The van der Waals surface area contributed by atoms with Crippen molar-refractivity contribution in [2.24, 2.45) is 5.92 Å². The molecule has 0 bridgehead atoms. The third-order valence-corrected chi connectivity index (χ3v) is 4.72. The molecule has 0 aromatic heterocycles. The molecule has 128 valence electrons. The SMILES string of the molecule is COC(=O)[C@H]1C[C@H]2CN(CC(=O)O)CC(=O)N2[C@H]1c1ccccc1. The summed E-state index contributed by atoms with van der Waals surface area (Å²) in [7, 11) is 1.35. The van der Waals surface area contributed by atoms with Crippen LogP contribution in [0.25, 0.3) is 0 Å². The van der Waals surface area contributed by atoms with Gasteiger partial charge in [-0.15, -0.1) is 0 Å². The molecule has 0 spiro atoms. The number of fused-ring (bicyclic) bond motifs is 1. The molecule has 0 aliphatic carbocycles. The van der Waals surface area contributed by atoms with Crippen LogP contribution in [0.1, 0.15) is 18.0 Å². The van der Waals surface area contributed by atoms with Crippen molar-refractivity contribution in [1.29, 1.82) is 0 Å². The van der Waals surface area contributed by atoms with E-state index in [0.29, 0.717) is 13.0 Å². The summed E-state index contributed by atoms with van der Waals surface area (Å²) in [6.45, 7) is 0.337. The second-order valence-electron chi connectivity index (χ2n) is 6.24. The Kier molecular flexibility index (Phi) is 4.53. The Morgan fingerprint density at radius 1 is 1.29 bits per heavy atom. The topological polar surface area (TPSA) is 87.1 Å². The molecule has 2 aliphatic heterocycles. The minimum Gasteiger partial charge on any atom is -0.480 e. The van der Waals surface area contributed by atoms with Crippen molar-refractivity contribution < 1.29 is 24.2 Å². The van der Waals surface area contributed by atoms with E-state index in [9.17, 15) is 14.4 Å². The summed E-state index contributed by atoms with van der Waals surface area (Å²) in [5.41, 5.74) is 0.899. The Bertz CT molecular complexity index is 648. The number of piperazine rings is 1. The molecule has 7 heteroatoms. The first kappa shape index (κ1) is 16.4. The minimum absolute atomic E-state index is 0.0556. The number of carbonyl (C=O) groups is 3. The number of ether oxygens (including phenoxy) is 1. The first-order valence-electron chi connectivity index (χ1n) is 7.89. The molecule has 3 rings (SSSR count). The molecular formula is C17H20N2O5. The van der Waals surface area contributed by atoms with Crippen molar-refractivity contribution >= 4 is 17.8 Å². The molecule has 3 atom stereocenters. The van der Waals surface area contributed by atoms with Crippen LogP contribution in [0.4, 0.5) is 0 Å². The summed E-state index contributed by atoms with van der Waals surface area (Å²) < 4.78 is 4.93. The number of hydrogen-bond donors (Lipinski definition) is 1. The predicted octanol–water partition coefficient (Wildman–Crippen LogP) is 0.518. The monoisotopic (exact) mass is 332 g/mol. The van der Waals surface area contributed by atoms with E-state index >= 15 is 0 Å². The molecule has 1 N–H and O–H groups in total. The number of nitrogens with zero attached hydrogens (tertiary/aromatic N) is 2. The Morgan fingerprint density at radius 2 is 2.00 bits per heavy atom. The van der Waals surface area contributed by atoms with Crippen LogP contribution in [0, 0.1) is 5.92 Å². The summed E-state index contributed by atoms with van der Waals surface area (Å²) >= 11 is 0. The Hall–Kier alpha value is -2.41. The average molecular weight is 332 g/mol. The molecule has 2 aliphatic rings. The smallest absolute Gasteiger partial charge is 0.317 e. The predicted molar refractivity (Wildman–Crippen MR) is 84.0 cm³/mol. The van der Waals surface area contributed by atoms with E-state index in [1.165, 1.54) is 7.11 Å². The van der Waals surface area contributed by atoms with Gasteiger partial charge in [-0.05, 0) is 12.0 Å². The highest BCUT2D eigenvalue weighted by atomic mass is 16.5. The number of carboxylic acids is 1. The van der Waals surface area contributed by atoms with Gasteiger partial charge in [0, 0.05) is 12.6 Å². The number of carbonyl (C=O) groups excluding carboxylic acids is 2.